The minimum absolute atomic E-state index is 0.0169. The maximum atomic E-state index is 13.9. The standard InChI is InChI=1S/C41H54N6O8/c1-27(2)21-23-44-41(42)43-22-7-11-33(45-37(51)12-6-10-28-13-17-31(48)18-14-28)39(53)47-34(24-29-8-4-3-5-9-29)36(50)26-38(52)46-35(40(54)55)25-30-15-19-32(49)20-16-30/h3-5,8-9,13-21,33-36,48-50H,6-7,10-12,22-26H2,1-2H3,(H,45,51)(H,46,52)(H,47,53)(H,54,55)(H3,42,43,44). The molecule has 0 aliphatic carbocycles. The lowest BCUT2D eigenvalue weighted by atomic mass is 9.97. The number of carboxylic acid groups (broad SMARTS) is 1. The van der Waals surface area contributed by atoms with Crippen molar-refractivity contribution in [1.29, 1.82) is 0 Å². The van der Waals surface area contributed by atoms with Gasteiger partial charge >= 0.3 is 5.97 Å². The Morgan fingerprint density at radius 2 is 1.36 bits per heavy atom. The molecule has 3 amide bonds. The topological polar surface area (TPSA) is 236 Å². The Morgan fingerprint density at radius 3 is 1.98 bits per heavy atom. The second kappa shape index (κ2) is 23.0. The Kier molecular flexibility index (Phi) is 18.2. The molecule has 0 aliphatic heterocycles. The lowest BCUT2D eigenvalue weighted by molar-refractivity contribution is -0.142. The van der Waals surface area contributed by atoms with Crippen molar-refractivity contribution in [3.8, 4) is 11.5 Å². The van der Waals surface area contributed by atoms with Crippen LogP contribution in [-0.4, -0.2) is 87.4 Å². The van der Waals surface area contributed by atoms with Crippen LogP contribution in [0.3, 0.4) is 0 Å². The molecule has 0 radical (unpaired) electrons. The lowest BCUT2D eigenvalue weighted by Gasteiger charge is -2.27. The highest BCUT2D eigenvalue weighted by Gasteiger charge is 2.30. The fourth-order valence-corrected chi connectivity index (χ4v) is 5.64. The van der Waals surface area contributed by atoms with Crippen molar-refractivity contribution in [2.45, 2.75) is 89.4 Å². The van der Waals surface area contributed by atoms with E-state index in [2.05, 4.69) is 26.3 Å². The maximum absolute atomic E-state index is 13.9. The van der Waals surface area contributed by atoms with Crippen LogP contribution in [-0.2, 0) is 38.4 Å². The molecule has 14 nitrogen and oxygen atoms in total. The quantitative estimate of drug-likeness (QED) is 0.0315. The molecule has 0 aromatic heterocycles. The van der Waals surface area contributed by atoms with E-state index >= 15 is 0 Å². The predicted octanol–water partition coefficient (Wildman–Crippen LogP) is 2.85. The van der Waals surface area contributed by atoms with Gasteiger partial charge in [0.1, 0.15) is 23.6 Å². The number of phenols is 2. The normalized spacial score (nSPS) is 13.4. The first kappa shape index (κ1) is 43.5. The number of phenolic OH excluding ortho intramolecular Hbond substituents is 2. The Morgan fingerprint density at radius 1 is 0.764 bits per heavy atom. The van der Waals surface area contributed by atoms with Crippen LogP contribution in [0.15, 0.2) is 95.5 Å². The van der Waals surface area contributed by atoms with Gasteiger partial charge in [0.15, 0.2) is 5.96 Å². The third kappa shape index (κ3) is 17.2. The van der Waals surface area contributed by atoms with Crippen LogP contribution < -0.4 is 27.0 Å². The third-order valence-electron chi connectivity index (χ3n) is 8.69. The van der Waals surface area contributed by atoms with Gasteiger partial charge in [0.25, 0.3) is 0 Å². The van der Waals surface area contributed by atoms with Crippen molar-refractivity contribution in [2.24, 2.45) is 10.7 Å². The summed E-state index contributed by atoms with van der Waals surface area (Å²) >= 11 is 0. The second-order valence-electron chi connectivity index (χ2n) is 13.6. The molecule has 14 heteroatoms. The van der Waals surface area contributed by atoms with Gasteiger partial charge in [-0.3, -0.25) is 14.4 Å². The number of nitrogens with zero attached hydrogens (tertiary/aromatic N) is 1. The number of carboxylic acids is 1. The Balaban J connectivity index is 1.71. The number of carbonyl (C=O) groups excluding carboxylic acids is 3. The van der Waals surface area contributed by atoms with E-state index in [0.29, 0.717) is 37.9 Å². The minimum Gasteiger partial charge on any atom is -0.508 e. The summed E-state index contributed by atoms with van der Waals surface area (Å²) in [5.74, 6) is -2.51. The zero-order valence-corrected chi connectivity index (χ0v) is 31.4. The number of guanidine groups is 1. The van der Waals surface area contributed by atoms with Crippen LogP contribution in [0.5, 0.6) is 11.5 Å². The molecule has 0 heterocycles. The van der Waals surface area contributed by atoms with Crippen LogP contribution in [0.2, 0.25) is 0 Å². The summed E-state index contributed by atoms with van der Waals surface area (Å²) in [6.45, 7) is 4.71. The summed E-state index contributed by atoms with van der Waals surface area (Å²) in [5, 5.41) is 51.4. The number of benzene rings is 3. The molecule has 0 bridgehead atoms. The molecule has 0 spiro atoms. The molecule has 3 rings (SSSR count). The van der Waals surface area contributed by atoms with E-state index in [9.17, 15) is 39.6 Å². The lowest BCUT2D eigenvalue weighted by Crippen LogP contribution is -2.54. The van der Waals surface area contributed by atoms with Crippen LogP contribution in [0.25, 0.3) is 0 Å². The zero-order chi connectivity index (χ0) is 40.2. The van der Waals surface area contributed by atoms with E-state index in [1.165, 1.54) is 12.1 Å². The Bertz CT molecular complexity index is 1730. The first-order valence-corrected chi connectivity index (χ1v) is 18.4. The molecule has 296 valence electrons. The van der Waals surface area contributed by atoms with Gasteiger partial charge in [-0.1, -0.05) is 66.2 Å². The van der Waals surface area contributed by atoms with Gasteiger partial charge in [0.05, 0.1) is 25.1 Å². The molecule has 4 atom stereocenters. The minimum atomic E-state index is -1.42. The largest absolute Gasteiger partial charge is 0.508 e. The second-order valence-corrected chi connectivity index (χ2v) is 13.6. The number of aliphatic hydroxyl groups excluding tert-OH is 1. The summed E-state index contributed by atoms with van der Waals surface area (Å²) in [5.41, 5.74) is 9.37. The molecule has 0 fully saturated rings. The van der Waals surface area contributed by atoms with Crippen molar-refractivity contribution in [1.82, 2.24) is 21.3 Å². The predicted molar refractivity (Wildman–Crippen MR) is 210 cm³/mol. The number of aliphatic carboxylic acids is 1. The van der Waals surface area contributed by atoms with Gasteiger partial charge in [-0.25, -0.2) is 9.79 Å². The van der Waals surface area contributed by atoms with E-state index in [1.54, 1.807) is 48.5 Å². The van der Waals surface area contributed by atoms with E-state index in [4.69, 9.17) is 5.73 Å². The summed E-state index contributed by atoms with van der Waals surface area (Å²) in [4.78, 5) is 56.4. The van der Waals surface area contributed by atoms with Gasteiger partial charge in [-0.05, 0) is 86.9 Å². The fourth-order valence-electron chi connectivity index (χ4n) is 5.64. The van der Waals surface area contributed by atoms with Gasteiger partial charge in [0.2, 0.25) is 17.7 Å². The van der Waals surface area contributed by atoms with Crippen LogP contribution in [0, 0.1) is 0 Å². The number of aliphatic imine (C=N–C) groups is 1. The number of nitrogens with one attached hydrogen (secondary N) is 4. The summed E-state index contributed by atoms with van der Waals surface area (Å²) in [7, 11) is 0. The van der Waals surface area contributed by atoms with Crippen molar-refractivity contribution in [3.05, 3.63) is 107 Å². The van der Waals surface area contributed by atoms with E-state index in [-0.39, 0.29) is 49.0 Å². The molecular weight excluding hydrogens is 704 g/mol. The summed E-state index contributed by atoms with van der Waals surface area (Å²) in [6, 6.07) is 18.4. The number of aryl methyl sites for hydroxylation is 1. The summed E-state index contributed by atoms with van der Waals surface area (Å²) in [6.07, 6.45) is 1.95. The van der Waals surface area contributed by atoms with Crippen molar-refractivity contribution >= 4 is 29.7 Å². The van der Waals surface area contributed by atoms with Gasteiger partial charge in [0, 0.05) is 19.4 Å². The number of nitrogens with two attached hydrogens (primary N) is 1. The van der Waals surface area contributed by atoms with Gasteiger partial charge < -0.3 is 47.4 Å². The molecule has 0 saturated heterocycles. The smallest absolute Gasteiger partial charge is 0.326 e. The fraction of sp³-hybridized carbons (Fsp3) is 0.390. The number of hydrogen-bond donors (Lipinski definition) is 9. The number of amides is 3. The average molecular weight is 759 g/mol. The SMILES string of the molecule is CC(C)=CCN=C(N)NCCCC(NC(=O)CCCc1ccc(O)cc1)C(=O)NC(Cc1ccccc1)C(O)CC(=O)NC(Cc1ccc(O)cc1)C(=O)O. The number of hydrogen-bond acceptors (Lipinski definition) is 8. The van der Waals surface area contributed by atoms with Gasteiger partial charge in [-0.2, -0.15) is 0 Å². The average Bonchev–Trinajstić information content (AvgIpc) is 3.14. The van der Waals surface area contributed by atoms with E-state index in [1.807, 2.05) is 38.1 Å². The first-order chi connectivity index (χ1) is 26.3. The third-order valence-corrected chi connectivity index (χ3v) is 8.69. The number of aromatic hydroxyl groups is 2. The van der Waals surface area contributed by atoms with Crippen molar-refractivity contribution in [3.63, 3.8) is 0 Å². The summed E-state index contributed by atoms with van der Waals surface area (Å²) < 4.78 is 0. The molecular formula is C41H54N6O8. The molecule has 55 heavy (non-hydrogen) atoms. The van der Waals surface area contributed by atoms with Crippen LogP contribution >= 0.6 is 0 Å². The van der Waals surface area contributed by atoms with Crippen LogP contribution in [0.1, 0.15) is 62.6 Å². The molecule has 10 N–H and O–H groups in total. The highest BCUT2D eigenvalue weighted by atomic mass is 16.4. The molecule has 3 aromatic carbocycles. The number of rotatable bonds is 22. The molecule has 0 aliphatic rings. The van der Waals surface area contributed by atoms with Crippen molar-refractivity contribution < 1.29 is 39.6 Å². The van der Waals surface area contributed by atoms with Gasteiger partial charge in [-0.15, -0.1) is 0 Å². The molecule has 3 aromatic rings. The zero-order valence-electron chi connectivity index (χ0n) is 31.4. The highest BCUT2D eigenvalue weighted by molar-refractivity contribution is 5.88. The number of allylic oxidation sites excluding steroid dienone is 1. The van der Waals surface area contributed by atoms with E-state index in [0.717, 1.165) is 16.7 Å². The van der Waals surface area contributed by atoms with Crippen LogP contribution in [0.4, 0.5) is 0 Å². The molecule has 0 saturated carbocycles. The highest BCUT2D eigenvalue weighted by Crippen LogP contribution is 2.15. The van der Waals surface area contributed by atoms with E-state index < -0.39 is 48.4 Å². The number of carbonyl (C=O) groups is 4. The van der Waals surface area contributed by atoms with Crippen molar-refractivity contribution in [2.75, 3.05) is 13.1 Å². The Labute approximate surface area is 322 Å². The molecule has 4 unspecified atom stereocenters. The maximum Gasteiger partial charge on any atom is 0.326 e. The number of aliphatic hydroxyl groups is 1. The monoisotopic (exact) mass is 758 g/mol. The first-order valence-electron chi connectivity index (χ1n) is 18.4. The Hall–Kier alpha value is -5.89.